The number of benzene rings is 1. The molecule has 1 unspecified atom stereocenters. The summed E-state index contributed by atoms with van der Waals surface area (Å²) in [6.07, 6.45) is 4.23. The van der Waals surface area contributed by atoms with Gasteiger partial charge in [0.2, 0.25) is 11.8 Å². The van der Waals surface area contributed by atoms with Crippen LogP contribution in [0, 0.1) is 6.92 Å². The number of aryl methyl sites for hydroxylation is 1. The lowest BCUT2D eigenvalue weighted by molar-refractivity contribution is -0.141. The molecule has 0 radical (unpaired) electrons. The third-order valence-corrected chi connectivity index (χ3v) is 5.20. The topological polar surface area (TPSA) is 108 Å². The maximum absolute atomic E-state index is 13.5. The standard InChI is InChI=1S/C27H45N3O5/c1-9-10-11-12-13-16-30(22(32)18-28-25(34)35-27(6,7)8)23(24(33)29-26(3,4)5)20-14-15-21(31)19(2)17-20/h14-15,17,23,31H,9-13,16,18H2,1-8H3,(H,28,34)(H,29,33). The fraction of sp³-hybridized carbons (Fsp3) is 0.667. The van der Waals surface area contributed by atoms with Gasteiger partial charge in [0.15, 0.2) is 0 Å². The van der Waals surface area contributed by atoms with E-state index >= 15 is 0 Å². The zero-order valence-electron chi connectivity index (χ0n) is 22.8. The number of carbonyl (C=O) groups excluding carboxylic acids is 3. The number of nitrogens with one attached hydrogen (secondary N) is 2. The van der Waals surface area contributed by atoms with Crippen molar-refractivity contribution < 1.29 is 24.2 Å². The molecule has 8 nitrogen and oxygen atoms in total. The number of phenolic OH excluding ortho intramolecular Hbond substituents is 1. The highest BCUT2D eigenvalue weighted by atomic mass is 16.6. The number of amides is 3. The molecule has 0 aromatic heterocycles. The van der Waals surface area contributed by atoms with E-state index in [0.29, 0.717) is 17.7 Å². The molecule has 0 spiro atoms. The molecule has 1 aromatic carbocycles. The van der Waals surface area contributed by atoms with Crippen LogP contribution in [-0.2, 0) is 14.3 Å². The van der Waals surface area contributed by atoms with Crippen molar-refractivity contribution in [2.45, 2.75) is 105 Å². The molecule has 1 atom stereocenters. The fourth-order valence-corrected chi connectivity index (χ4v) is 3.61. The zero-order valence-corrected chi connectivity index (χ0v) is 22.8. The summed E-state index contributed by atoms with van der Waals surface area (Å²) in [6.45, 7) is 14.8. The van der Waals surface area contributed by atoms with Crippen LogP contribution < -0.4 is 10.6 Å². The minimum Gasteiger partial charge on any atom is -0.508 e. The number of phenols is 1. The molecule has 0 saturated carbocycles. The quantitative estimate of drug-likeness (QED) is 0.378. The van der Waals surface area contributed by atoms with E-state index in [1.54, 1.807) is 39.8 Å². The van der Waals surface area contributed by atoms with Gasteiger partial charge in [-0.25, -0.2) is 4.79 Å². The van der Waals surface area contributed by atoms with Crippen molar-refractivity contribution in [3.8, 4) is 5.75 Å². The smallest absolute Gasteiger partial charge is 0.408 e. The van der Waals surface area contributed by atoms with Gasteiger partial charge in [-0.2, -0.15) is 0 Å². The molecule has 0 aliphatic heterocycles. The van der Waals surface area contributed by atoms with E-state index in [1.165, 1.54) is 11.0 Å². The molecule has 0 saturated heterocycles. The summed E-state index contributed by atoms with van der Waals surface area (Å²) in [4.78, 5) is 40.6. The van der Waals surface area contributed by atoms with Crippen LogP contribution in [-0.4, -0.2) is 52.1 Å². The Morgan fingerprint density at radius 1 is 1.03 bits per heavy atom. The summed E-state index contributed by atoms with van der Waals surface area (Å²) in [5, 5.41) is 15.5. The van der Waals surface area contributed by atoms with Crippen molar-refractivity contribution in [3.63, 3.8) is 0 Å². The minimum absolute atomic E-state index is 0.118. The highest BCUT2D eigenvalue weighted by molar-refractivity contribution is 5.90. The predicted molar refractivity (Wildman–Crippen MR) is 138 cm³/mol. The molecular formula is C27H45N3O5. The van der Waals surface area contributed by atoms with Crippen LogP contribution in [0.2, 0.25) is 0 Å². The van der Waals surface area contributed by atoms with Crippen molar-refractivity contribution in [3.05, 3.63) is 29.3 Å². The second kappa shape index (κ2) is 13.4. The second-order valence-corrected chi connectivity index (χ2v) is 11.0. The Morgan fingerprint density at radius 3 is 2.20 bits per heavy atom. The van der Waals surface area contributed by atoms with Gasteiger partial charge in [-0.15, -0.1) is 0 Å². The third kappa shape index (κ3) is 11.5. The van der Waals surface area contributed by atoms with Gasteiger partial charge in [0.05, 0.1) is 0 Å². The summed E-state index contributed by atoms with van der Waals surface area (Å²) in [6, 6.07) is 4.01. The lowest BCUT2D eigenvalue weighted by atomic mass is 9.99. The van der Waals surface area contributed by atoms with E-state index in [9.17, 15) is 19.5 Å². The number of alkyl carbamates (subject to hydrolysis) is 1. The first-order valence-corrected chi connectivity index (χ1v) is 12.5. The van der Waals surface area contributed by atoms with Crippen LogP contribution in [0.25, 0.3) is 0 Å². The largest absolute Gasteiger partial charge is 0.508 e. The Bertz CT molecular complexity index is 855. The highest BCUT2D eigenvalue weighted by Gasteiger charge is 2.33. The van der Waals surface area contributed by atoms with Crippen LogP contribution in [0.15, 0.2) is 18.2 Å². The van der Waals surface area contributed by atoms with Crippen molar-refractivity contribution in [2.24, 2.45) is 0 Å². The second-order valence-electron chi connectivity index (χ2n) is 11.0. The summed E-state index contributed by atoms with van der Waals surface area (Å²) < 4.78 is 5.25. The van der Waals surface area contributed by atoms with E-state index in [1.807, 2.05) is 20.8 Å². The Morgan fingerprint density at radius 2 is 1.66 bits per heavy atom. The van der Waals surface area contributed by atoms with Crippen molar-refractivity contribution in [1.82, 2.24) is 15.5 Å². The molecule has 0 fully saturated rings. The maximum atomic E-state index is 13.5. The number of carbonyl (C=O) groups is 3. The van der Waals surface area contributed by atoms with Crippen LogP contribution >= 0.6 is 0 Å². The molecular weight excluding hydrogens is 446 g/mol. The predicted octanol–water partition coefficient (Wildman–Crippen LogP) is 4.98. The Labute approximate surface area is 210 Å². The van der Waals surface area contributed by atoms with E-state index in [4.69, 9.17) is 4.74 Å². The average molecular weight is 492 g/mol. The first kappa shape index (κ1) is 30.3. The molecule has 35 heavy (non-hydrogen) atoms. The van der Waals surface area contributed by atoms with E-state index in [2.05, 4.69) is 17.6 Å². The first-order valence-electron chi connectivity index (χ1n) is 12.5. The van der Waals surface area contributed by atoms with Crippen LogP contribution in [0.4, 0.5) is 4.79 Å². The Kier molecular flexibility index (Phi) is 11.5. The maximum Gasteiger partial charge on any atom is 0.408 e. The third-order valence-electron chi connectivity index (χ3n) is 5.20. The average Bonchev–Trinajstić information content (AvgIpc) is 2.70. The van der Waals surface area contributed by atoms with Gasteiger partial charge in [-0.1, -0.05) is 38.7 Å². The molecule has 8 heteroatoms. The molecule has 0 aliphatic rings. The molecule has 1 aromatic rings. The lowest BCUT2D eigenvalue weighted by Gasteiger charge is -2.34. The molecule has 3 amide bonds. The van der Waals surface area contributed by atoms with Crippen molar-refractivity contribution in [2.75, 3.05) is 13.1 Å². The normalized spacial score (nSPS) is 12.6. The lowest BCUT2D eigenvalue weighted by Crippen LogP contribution is -2.51. The molecule has 0 aliphatic carbocycles. The van der Waals surface area contributed by atoms with Crippen LogP contribution in [0.3, 0.4) is 0 Å². The molecule has 0 heterocycles. The fourth-order valence-electron chi connectivity index (χ4n) is 3.61. The molecule has 3 N–H and O–H groups in total. The summed E-state index contributed by atoms with van der Waals surface area (Å²) in [7, 11) is 0. The number of rotatable bonds is 11. The van der Waals surface area contributed by atoms with E-state index in [-0.39, 0.29) is 24.1 Å². The van der Waals surface area contributed by atoms with Gasteiger partial charge in [0.25, 0.3) is 0 Å². The zero-order chi connectivity index (χ0) is 26.8. The number of ether oxygens (including phenoxy) is 1. The molecule has 0 bridgehead atoms. The number of hydrogen-bond donors (Lipinski definition) is 3. The SMILES string of the molecule is CCCCCCCN(C(=O)CNC(=O)OC(C)(C)C)C(C(=O)NC(C)(C)C)c1ccc(O)c(C)c1. The van der Waals surface area contributed by atoms with Crippen molar-refractivity contribution in [1.29, 1.82) is 0 Å². The number of hydrogen-bond acceptors (Lipinski definition) is 5. The Balaban J connectivity index is 3.26. The monoisotopic (exact) mass is 491 g/mol. The highest BCUT2D eigenvalue weighted by Crippen LogP contribution is 2.27. The number of aromatic hydroxyl groups is 1. The van der Waals surface area contributed by atoms with Gasteiger partial charge in [-0.05, 0) is 78.1 Å². The van der Waals surface area contributed by atoms with Gasteiger partial charge < -0.3 is 25.4 Å². The van der Waals surface area contributed by atoms with Gasteiger partial charge in [0, 0.05) is 12.1 Å². The summed E-state index contributed by atoms with van der Waals surface area (Å²) in [5.41, 5.74) is 0.0102. The molecule has 198 valence electrons. The van der Waals surface area contributed by atoms with E-state index in [0.717, 1.165) is 32.1 Å². The minimum atomic E-state index is -0.910. The van der Waals surface area contributed by atoms with Crippen LogP contribution in [0.1, 0.15) is 97.7 Å². The van der Waals surface area contributed by atoms with Crippen LogP contribution in [0.5, 0.6) is 5.75 Å². The molecule has 1 rings (SSSR count). The summed E-state index contributed by atoms with van der Waals surface area (Å²) in [5.74, 6) is -0.583. The first-order chi connectivity index (χ1) is 16.1. The summed E-state index contributed by atoms with van der Waals surface area (Å²) >= 11 is 0. The van der Waals surface area contributed by atoms with Gasteiger partial charge >= 0.3 is 6.09 Å². The Hall–Kier alpha value is -2.77. The van der Waals surface area contributed by atoms with E-state index < -0.39 is 23.3 Å². The van der Waals surface area contributed by atoms with Crippen molar-refractivity contribution >= 4 is 17.9 Å². The number of nitrogens with zero attached hydrogens (tertiary/aromatic N) is 1. The number of unbranched alkanes of at least 4 members (excludes halogenated alkanes) is 4. The van der Waals surface area contributed by atoms with Gasteiger partial charge in [0.1, 0.15) is 23.9 Å². The van der Waals surface area contributed by atoms with Gasteiger partial charge in [-0.3, -0.25) is 9.59 Å².